The lowest BCUT2D eigenvalue weighted by Gasteiger charge is -2.21. The van der Waals surface area contributed by atoms with Crippen LogP contribution < -0.4 is 15.9 Å². The van der Waals surface area contributed by atoms with Crippen LogP contribution in [0.25, 0.3) is 21.7 Å². The zero-order chi connectivity index (χ0) is 22.4. The summed E-state index contributed by atoms with van der Waals surface area (Å²) in [6.45, 7) is 0. The molecule has 0 radical (unpaired) electrons. The molecule has 1 unspecified atom stereocenters. The van der Waals surface area contributed by atoms with E-state index in [-0.39, 0.29) is 28.2 Å². The van der Waals surface area contributed by atoms with Crippen molar-refractivity contribution in [3.05, 3.63) is 98.6 Å². The van der Waals surface area contributed by atoms with Gasteiger partial charge in [0.1, 0.15) is 6.04 Å². The molecule has 4 N–H and O–H groups in total. The average molecular weight is 429 g/mol. The maximum Gasteiger partial charge on any atom is 0.274 e. The van der Waals surface area contributed by atoms with E-state index in [9.17, 15) is 19.8 Å². The van der Waals surface area contributed by atoms with Crippen LogP contribution in [0.3, 0.4) is 0 Å². The number of hydrogen-bond donors (Lipinski definition) is 4. The van der Waals surface area contributed by atoms with E-state index in [1.165, 1.54) is 17.9 Å². The zero-order valence-corrected chi connectivity index (χ0v) is 17.0. The maximum absolute atomic E-state index is 13.5. The number of aromatic nitrogens is 3. The molecule has 0 saturated carbocycles. The Bertz CT molecular complexity index is 1600. The van der Waals surface area contributed by atoms with E-state index in [1.54, 1.807) is 42.5 Å². The first kappa shape index (κ1) is 19.5. The second-order valence-electron chi connectivity index (χ2n) is 7.43. The van der Waals surface area contributed by atoms with Crippen molar-refractivity contribution in [2.45, 2.75) is 6.04 Å². The normalized spacial score (nSPS) is 12.3. The number of benzene rings is 3. The first-order valence-electron chi connectivity index (χ1n) is 9.89. The average Bonchev–Trinajstić information content (AvgIpc) is 3.14. The van der Waals surface area contributed by atoms with Crippen molar-refractivity contribution in [1.29, 1.82) is 0 Å². The Hall–Kier alpha value is -4.46. The van der Waals surface area contributed by atoms with Gasteiger partial charge in [0.05, 0.1) is 23.4 Å². The summed E-state index contributed by atoms with van der Waals surface area (Å²) in [5.74, 6) is -0.00957. The predicted octanol–water partition coefficient (Wildman–Crippen LogP) is 3.23. The number of phenolic OH excluding ortho intramolecular Hbond substituents is 1. The van der Waals surface area contributed by atoms with Crippen molar-refractivity contribution >= 4 is 21.7 Å². The van der Waals surface area contributed by atoms with Crippen LogP contribution in [0.15, 0.2) is 76.3 Å². The first-order chi connectivity index (χ1) is 15.5. The maximum atomic E-state index is 13.5. The summed E-state index contributed by atoms with van der Waals surface area (Å²) in [5.41, 5.74) is 0.734. The number of fused-ring (bicyclic) bond motifs is 2. The predicted molar refractivity (Wildman–Crippen MR) is 121 cm³/mol. The minimum atomic E-state index is -0.912. The van der Waals surface area contributed by atoms with Gasteiger partial charge in [0.25, 0.3) is 11.1 Å². The van der Waals surface area contributed by atoms with E-state index >= 15 is 0 Å². The van der Waals surface area contributed by atoms with E-state index < -0.39 is 17.2 Å². The Morgan fingerprint density at radius 1 is 0.906 bits per heavy atom. The van der Waals surface area contributed by atoms with Crippen molar-refractivity contribution in [1.82, 2.24) is 14.8 Å². The van der Waals surface area contributed by atoms with E-state index in [0.29, 0.717) is 22.0 Å². The number of aromatic amines is 2. The van der Waals surface area contributed by atoms with Crippen LogP contribution in [0.5, 0.6) is 17.4 Å². The highest BCUT2D eigenvalue weighted by Gasteiger charge is 2.27. The molecule has 2 aromatic heterocycles. The van der Waals surface area contributed by atoms with Crippen LogP contribution >= 0.6 is 0 Å². The van der Waals surface area contributed by atoms with Gasteiger partial charge in [0.2, 0.25) is 0 Å². The molecule has 5 rings (SSSR count). The number of methoxy groups -OCH3 is 1. The molecule has 0 fully saturated rings. The minimum Gasteiger partial charge on any atom is -0.504 e. The molecule has 0 amide bonds. The Morgan fingerprint density at radius 2 is 1.59 bits per heavy atom. The van der Waals surface area contributed by atoms with Gasteiger partial charge in [-0.2, -0.15) is 0 Å². The number of aromatic hydroxyl groups is 2. The van der Waals surface area contributed by atoms with Crippen molar-refractivity contribution in [3.8, 4) is 17.4 Å². The van der Waals surface area contributed by atoms with E-state index in [1.807, 2.05) is 18.2 Å². The van der Waals surface area contributed by atoms with E-state index in [4.69, 9.17) is 4.74 Å². The Kier molecular flexibility index (Phi) is 4.48. The molecule has 0 saturated heterocycles. The summed E-state index contributed by atoms with van der Waals surface area (Å²) in [6.07, 6.45) is 0. The van der Waals surface area contributed by atoms with Crippen LogP contribution in [-0.2, 0) is 0 Å². The van der Waals surface area contributed by atoms with Gasteiger partial charge in [-0.25, -0.2) is 4.68 Å². The molecule has 8 nitrogen and oxygen atoms in total. The van der Waals surface area contributed by atoms with Gasteiger partial charge in [0.15, 0.2) is 17.4 Å². The summed E-state index contributed by atoms with van der Waals surface area (Å²) in [4.78, 5) is 29.2. The quantitative estimate of drug-likeness (QED) is 0.350. The molecule has 5 aromatic rings. The molecule has 32 heavy (non-hydrogen) atoms. The first-order valence-corrected chi connectivity index (χ1v) is 9.89. The molecule has 0 aliphatic carbocycles. The monoisotopic (exact) mass is 429 g/mol. The van der Waals surface area contributed by atoms with Crippen molar-refractivity contribution in [2.24, 2.45) is 0 Å². The van der Waals surface area contributed by atoms with Crippen molar-refractivity contribution in [3.63, 3.8) is 0 Å². The summed E-state index contributed by atoms with van der Waals surface area (Å²) < 4.78 is 6.45. The molecule has 0 aliphatic heterocycles. The lowest BCUT2D eigenvalue weighted by atomic mass is 9.97. The van der Waals surface area contributed by atoms with Gasteiger partial charge in [0, 0.05) is 10.9 Å². The van der Waals surface area contributed by atoms with Crippen LogP contribution in [0.2, 0.25) is 0 Å². The molecule has 8 heteroatoms. The third-order valence-electron chi connectivity index (χ3n) is 5.62. The molecular weight excluding hydrogens is 410 g/mol. The third kappa shape index (κ3) is 2.92. The number of para-hydroxylation sites is 1. The van der Waals surface area contributed by atoms with Crippen LogP contribution in [0, 0.1) is 0 Å². The lowest BCUT2D eigenvalue weighted by molar-refractivity contribution is 0.372. The Morgan fingerprint density at radius 3 is 2.34 bits per heavy atom. The molecule has 0 bridgehead atoms. The Balaban J connectivity index is 1.89. The topological polar surface area (TPSA) is 120 Å². The third-order valence-corrected chi connectivity index (χ3v) is 5.62. The molecule has 1 atom stereocenters. The number of hydrogen-bond acceptors (Lipinski definition) is 5. The van der Waals surface area contributed by atoms with E-state index in [2.05, 4.69) is 10.1 Å². The van der Waals surface area contributed by atoms with Crippen molar-refractivity contribution in [2.75, 3.05) is 7.11 Å². The molecular formula is C24H19N3O5. The molecule has 160 valence electrons. The van der Waals surface area contributed by atoms with Gasteiger partial charge >= 0.3 is 0 Å². The van der Waals surface area contributed by atoms with Gasteiger partial charge in [-0.1, -0.05) is 36.4 Å². The number of rotatable bonds is 4. The van der Waals surface area contributed by atoms with Gasteiger partial charge < -0.3 is 19.9 Å². The lowest BCUT2D eigenvalue weighted by Crippen LogP contribution is -2.34. The summed E-state index contributed by atoms with van der Waals surface area (Å²) in [5, 5.41) is 24.8. The highest BCUT2D eigenvalue weighted by atomic mass is 16.5. The van der Waals surface area contributed by atoms with Crippen molar-refractivity contribution < 1.29 is 14.9 Å². The number of H-pyrrole nitrogens is 2. The number of phenols is 1. The second-order valence-corrected chi connectivity index (χ2v) is 7.43. The minimum absolute atomic E-state index is 0.0718. The summed E-state index contributed by atoms with van der Waals surface area (Å²) in [7, 11) is 1.42. The number of nitrogens with one attached hydrogen (secondary N) is 2. The largest absolute Gasteiger partial charge is 0.504 e. The molecule has 3 aromatic carbocycles. The number of ether oxygens (including phenoxy) is 1. The van der Waals surface area contributed by atoms with E-state index in [0.717, 1.165) is 0 Å². The fourth-order valence-corrected chi connectivity index (χ4v) is 4.13. The highest BCUT2D eigenvalue weighted by molar-refractivity contribution is 5.87. The molecule has 0 aliphatic rings. The Labute approximate surface area is 180 Å². The smallest absolute Gasteiger partial charge is 0.274 e. The van der Waals surface area contributed by atoms with Crippen LogP contribution in [-0.4, -0.2) is 32.1 Å². The molecule has 2 heterocycles. The SMILES string of the molecule is COc1cc(C(c2c(O)[nH]c3ccccc23)n2[nH]c(=O)c3ccccc3c2=O)ccc1O. The second kappa shape index (κ2) is 7.35. The van der Waals surface area contributed by atoms with Gasteiger partial charge in [-0.05, 0) is 35.9 Å². The zero-order valence-electron chi connectivity index (χ0n) is 17.0. The van der Waals surface area contributed by atoms with Gasteiger partial charge in [-0.15, -0.1) is 0 Å². The summed E-state index contributed by atoms with van der Waals surface area (Å²) >= 11 is 0. The fraction of sp³-hybridized carbons (Fsp3) is 0.0833. The van der Waals surface area contributed by atoms with Gasteiger partial charge in [-0.3, -0.25) is 14.7 Å². The standard InChI is InChI=1S/C24H19N3O5/c1-32-19-12-13(10-11-18(19)28)21(20-16-8-4-5-9-17(16)25-23(20)30)27-24(31)15-7-3-2-6-14(15)22(29)26-27/h2-12,21,25,28,30H,1H3,(H,26,29). The summed E-state index contributed by atoms with van der Waals surface area (Å²) in [6, 6.07) is 17.5. The van der Waals surface area contributed by atoms with Crippen LogP contribution in [0.4, 0.5) is 0 Å². The highest BCUT2D eigenvalue weighted by Crippen LogP contribution is 2.39. The number of nitrogens with zero attached hydrogens (tertiary/aromatic N) is 1. The van der Waals surface area contributed by atoms with Crippen LogP contribution in [0.1, 0.15) is 17.2 Å². The molecule has 0 spiro atoms. The fourth-order valence-electron chi connectivity index (χ4n) is 4.13.